The van der Waals surface area contributed by atoms with Crippen LogP contribution < -0.4 is 10.1 Å². The molecular formula is C16H22N2OS. The van der Waals surface area contributed by atoms with Crippen LogP contribution in [0.5, 0.6) is 5.75 Å². The van der Waals surface area contributed by atoms with Crippen LogP contribution in [0.15, 0.2) is 35.3 Å². The number of rotatable bonds is 8. The highest BCUT2D eigenvalue weighted by Crippen LogP contribution is 2.22. The highest BCUT2D eigenvalue weighted by atomic mass is 32.1. The lowest BCUT2D eigenvalue weighted by Crippen LogP contribution is -2.23. The Bertz CT molecular complexity index is 499. The summed E-state index contributed by atoms with van der Waals surface area (Å²) in [6.45, 7) is 5.91. The third-order valence-electron chi connectivity index (χ3n) is 3.08. The number of pyridine rings is 1. The molecule has 4 heteroatoms. The molecule has 0 fully saturated rings. The topological polar surface area (TPSA) is 34.1 Å². The number of likely N-dealkylation sites (N-methyl/N-ethyl adjacent to an activating group) is 1. The van der Waals surface area contributed by atoms with Gasteiger partial charge in [0.1, 0.15) is 5.75 Å². The summed E-state index contributed by atoms with van der Waals surface area (Å²) in [6, 6.07) is 4.56. The quantitative estimate of drug-likeness (QED) is 0.802. The Morgan fingerprint density at radius 2 is 2.25 bits per heavy atom. The summed E-state index contributed by atoms with van der Waals surface area (Å²) < 4.78 is 5.67. The van der Waals surface area contributed by atoms with Gasteiger partial charge in [-0.3, -0.25) is 4.98 Å². The predicted octanol–water partition coefficient (Wildman–Crippen LogP) is 3.83. The van der Waals surface area contributed by atoms with E-state index in [2.05, 4.69) is 47.0 Å². The molecule has 0 saturated carbocycles. The summed E-state index contributed by atoms with van der Waals surface area (Å²) in [5.41, 5.74) is 2.55. The number of nitrogens with one attached hydrogen (secondary N) is 1. The third-order valence-corrected chi connectivity index (χ3v) is 3.81. The van der Waals surface area contributed by atoms with Gasteiger partial charge in [-0.2, -0.15) is 11.3 Å². The van der Waals surface area contributed by atoms with Crippen molar-refractivity contribution in [3.8, 4) is 5.75 Å². The normalized spacial score (nSPS) is 12.3. The minimum atomic E-state index is 0.285. The number of thiophene rings is 1. The standard InChI is InChI=1S/C16H22N2OS/c1-3-6-19-15-9-14(10-17-11-15)16(18-4-2)8-13-5-7-20-12-13/h5,7,9-12,16,18H,3-4,6,8H2,1-2H3. The molecule has 0 amide bonds. The van der Waals surface area contributed by atoms with Gasteiger partial charge in [0.15, 0.2) is 0 Å². The fourth-order valence-corrected chi connectivity index (χ4v) is 2.81. The van der Waals surface area contributed by atoms with E-state index in [4.69, 9.17) is 4.74 Å². The largest absolute Gasteiger partial charge is 0.492 e. The zero-order valence-corrected chi connectivity index (χ0v) is 13.0. The Balaban J connectivity index is 2.11. The molecule has 0 aliphatic heterocycles. The Kier molecular flexibility index (Phi) is 6.02. The van der Waals surface area contributed by atoms with Gasteiger partial charge >= 0.3 is 0 Å². The molecule has 2 aromatic heterocycles. The zero-order valence-electron chi connectivity index (χ0n) is 12.1. The Morgan fingerprint density at radius 3 is 2.95 bits per heavy atom. The SMILES string of the molecule is CCCOc1cncc(C(Cc2ccsc2)NCC)c1. The van der Waals surface area contributed by atoms with Crippen molar-refractivity contribution in [2.45, 2.75) is 32.7 Å². The fraction of sp³-hybridized carbons (Fsp3) is 0.438. The van der Waals surface area contributed by atoms with Crippen LogP contribution in [0.25, 0.3) is 0 Å². The molecule has 0 aliphatic carbocycles. The van der Waals surface area contributed by atoms with Gasteiger partial charge in [0.25, 0.3) is 0 Å². The molecule has 0 aromatic carbocycles. The second-order valence-corrected chi connectivity index (χ2v) is 5.53. The molecule has 20 heavy (non-hydrogen) atoms. The summed E-state index contributed by atoms with van der Waals surface area (Å²) >= 11 is 1.74. The molecule has 2 rings (SSSR count). The van der Waals surface area contributed by atoms with Crippen LogP contribution in [0.3, 0.4) is 0 Å². The maximum atomic E-state index is 5.67. The molecule has 0 aliphatic rings. The molecule has 1 unspecified atom stereocenters. The van der Waals surface area contributed by atoms with Crippen LogP contribution in [0.2, 0.25) is 0 Å². The van der Waals surface area contributed by atoms with E-state index in [-0.39, 0.29) is 6.04 Å². The number of nitrogens with zero attached hydrogens (tertiary/aromatic N) is 1. The Labute approximate surface area is 125 Å². The van der Waals surface area contributed by atoms with E-state index >= 15 is 0 Å². The van der Waals surface area contributed by atoms with Gasteiger partial charge in [-0.05, 0) is 53.4 Å². The molecule has 3 nitrogen and oxygen atoms in total. The van der Waals surface area contributed by atoms with Crippen LogP contribution in [-0.2, 0) is 6.42 Å². The summed E-state index contributed by atoms with van der Waals surface area (Å²) in [5.74, 6) is 0.859. The van der Waals surface area contributed by atoms with E-state index < -0.39 is 0 Å². The van der Waals surface area contributed by atoms with Crippen LogP contribution in [0.1, 0.15) is 37.4 Å². The highest BCUT2D eigenvalue weighted by Gasteiger charge is 2.13. The molecule has 0 spiro atoms. The molecule has 0 bridgehead atoms. The van der Waals surface area contributed by atoms with Crippen molar-refractivity contribution < 1.29 is 4.74 Å². The Hall–Kier alpha value is -1.39. The average Bonchev–Trinajstić information content (AvgIpc) is 2.98. The number of ether oxygens (including phenoxy) is 1. The third kappa shape index (κ3) is 4.32. The summed E-state index contributed by atoms with van der Waals surface area (Å²) in [4.78, 5) is 4.31. The second-order valence-electron chi connectivity index (χ2n) is 4.75. The maximum Gasteiger partial charge on any atom is 0.137 e. The van der Waals surface area contributed by atoms with Gasteiger partial charge in [0.2, 0.25) is 0 Å². The van der Waals surface area contributed by atoms with Crippen LogP contribution in [0, 0.1) is 0 Å². The van der Waals surface area contributed by atoms with Crippen molar-refractivity contribution >= 4 is 11.3 Å². The first-order valence-corrected chi connectivity index (χ1v) is 8.10. The first-order valence-electron chi connectivity index (χ1n) is 7.15. The zero-order chi connectivity index (χ0) is 14.2. The summed E-state index contributed by atoms with van der Waals surface area (Å²) in [5, 5.41) is 7.86. The molecule has 0 radical (unpaired) electrons. The Morgan fingerprint density at radius 1 is 1.35 bits per heavy atom. The van der Waals surface area contributed by atoms with E-state index in [0.717, 1.165) is 31.7 Å². The van der Waals surface area contributed by atoms with Crippen molar-refractivity contribution in [1.29, 1.82) is 0 Å². The highest BCUT2D eigenvalue weighted by molar-refractivity contribution is 7.07. The fourth-order valence-electron chi connectivity index (χ4n) is 2.12. The van der Waals surface area contributed by atoms with Crippen molar-refractivity contribution in [3.05, 3.63) is 46.4 Å². The summed E-state index contributed by atoms with van der Waals surface area (Å²) in [6.07, 6.45) is 5.71. The van der Waals surface area contributed by atoms with Crippen molar-refractivity contribution in [2.24, 2.45) is 0 Å². The molecule has 1 N–H and O–H groups in total. The number of hydrogen-bond acceptors (Lipinski definition) is 4. The van der Waals surface area contributed by atoms with Gasteiger partial charge in [-0.25, -0.2) is 0 Å². The lowest BCUT2D eigenvalue weighted by atomic mass is 10.0. The minimum absolute atomic E-state index is 0.285. The smallest absolute Gasteiger partial charge is 0.137 e. The van der Waals surface area contributed by atoms with Crippen molar-refractivity contribution in [1.82, 2.24) is 10.3 Å². The van der Waals surface area contributed by atoms with Crippen molar-refractivity contribution in [3.63, 3.8) is 0 Å². The first-order chi connectivity index (χ1) is 9.83. The van der Waals surface area contributed by atoms with Gasteiger partial charge in [0, 0.05) is 12.2 Å². The first kappa shape index (κ1) is 15.0. The van der Waals surface area contributed by atoms with Gasteiger partial charge in [0.05, 0.1) is 12.8 Å². The average molecular weight is 290 g/mol. The van der Waals surface area contributed by atoms with Gasteiger partial charge in [-0.15, -0.1) is 0 Å². The van der Waals surface area contributed by atoms with Crippen molar-refractivity contribution in [2.75, 3.05) is 13.2 Å². The van der Waals surface area contributed by atoms with Crippen LogP contribution >= 0.6 is 11.3 Å². The second kappa shape index (κ2) is 8.02. The minimum Gasteiger partial charge on any atom is -0.492 e. The van der Waals surface area contributed by atoms with Crippen LogP contribution in [0.4, 0.5) is 0 Å². The lowest BCUT2D eigenvalue weighted by Gasteiger charge is -2.18. The molecule has 0 saturated heterocycles. The van der Waals surface area contributed by atoms with E-state index in [1.54, 1.807) is 17.5 Å². The van der Waals surface area contributed by atoms with Crippen LogP contribution in [-0.4, -0.2) is 18.1 Å². The summed E-state index contributed by atoms with van der Waals surface area (Å²) in [7, 11) is 0. The maximum absolute atomic E-state index is 5.67. The molecule has 2 heterocycles. The molecule has 2 aromatic rings. The molecular weight excluding hydrogens is 268 g/mol. The van der Waals surface area contributed by atoms with E-state index in [0.29, 0.717) is 0 Å². The van der Waals surface area contributed by atoms with Gasteiger partial charge < -0.3 is 10.1 Å². The monoisotopic (exact) mass is 290 g/mol. The molecule has 108 valence electrons. The van der Waals surface area contributed by atoms with E-state index in [1.165, 1.54) is 11.1 Å². The van der Waals surface area contributed by atoms with E-state index in [9.17, 15) is 0 Å². The predicted molar refractivity (Wildman–Crippen MR) is 84.5 cm³/mol. The number of aromatic nitrogens is 1. The van der Waals surface area contributed by atoms with Gasteiger partial charge in [-0.1, -0.05) is 13.8 Å². The lowest BCUT2D eigenvalue weighted by molar-refractivity contribution is 0.315. The number of hydrogen-bond donors (Lipinski definition) is 1. The molecule has 1 atom stereocenters. The van der Waals surface area contributed by atoms with E-state index in [1.807, 2.05) is 6.20 Å².